The Kier molecular flexibility index (Phi) is 6.11. The molecule has 0 bridgehead atoms. The lowest BCUT2D eigenvalue weighted by Crippen LogP contribution is -2.15. The van der Waals surface area contributed by atoms with Crippen molar-refractivity contribution in [1.29, 1.82) is 0 Å². The molecule has 0 saturated heterocycles. The number of ether oxygens (including phenoxy) is 2. The minimum absolute atomic E-state index is 0.203. The number of rotatable bonds is 7. The molecule has 0 unspecified atom stereocenters. The summed E-state index contributed by atoms with van der Waals surface area (Å²) in [6.45, 7) is 4.53. The van der Waals surface area contributed by atoms with Gasteiger partial charge in [0.15, 0.2) is 0 Å². The number of hydrogen-bond acceptors (Lipinski definition) is 5. The third kappa shape index (κ3) is 5.01. The lowest BCUT2D eigenvalue weighted by Gasteiger charge is -2.11. The van der Waals surface area contributed by atoms with Gasteiger partial charge in [0.2, 0.25) is 0 Å². The maximum atomic E-state index is 12.5. The fraction of sp³-hybridized carbons (Fsp3) is 0.182. The monoisotopic (exact) mass is 377 g/mol. The van der Waals surface area contributed by atoms with Gasteiger partial charge in [-0.15, -0.1) is 0 Å². The minimum Gasteiger partial charge on any atom is -0.493 e. The Bertz CT molecular complexity index is 973. The molecule has 6 heteroatoms. The number of hydrogen-bond donors (Lipinski definition) is 2. The summed E-state index contributed by atoms with van der Waals surface area (Å²) in [6.07, 6.45) is 0.938. The van der Waals surface area contributed by atoms with E-state index in [-0.39, 0.29) is 11.7 Å². The van der Waals surface area contributed by atoms with Gasteiger partial charge in [0.1, 0.15) is 23.1 Å². The van der Waals surface area contributed by atoms with Crippen LogP contribution in [0.5, 0.6) is 17.2 Å². The molecule has 0 atom stereocenters. The van der Waals surface area contributed by atoms with Crippen LogP contribution < -0.4 is 20.5 Å². The molecule has 0 aliphatic rings. The molecule has 3 rings (SSSR count). The number of nitrogens with zero attached hydrogens (tertiary/aromatic N) is 1. The van der Waals surface area contributed by atoms with Crippen molar-refractivity contribution in [3.63, 3.8) is 0 Å². The summed E-state index contributed by atoms with van der Waals surface area (Å²) >= 11 is 0. The first-order chi connectivity index (χ1) is 13.5. The number of anilines is 2. The van der Waals surface area contributed by atoms with Crippen LogP contribution in [0.1, 0.15) is 29.4 Å². The molecule has 0 spiro atoms. The summed E-state index contributed by atoms with van der Waals surface area (Å²) < 4.78 is 11.5. The minimum atomic E-state index is -0.322. The molecule has 144 valence electrons. The molecule has 0 aliphatic carbocycles. The molecule has 0 saturated carbocycles. The van der Waals surface area contributed by atoms with E-state index in [1.807, 2.05) is 37.3 Å². The zero-order valence-corrected chi connectivity index (χ0v) is 15.9. The molecule has 3 aromatic rings. The highest BCUT2D eigenvalue weighted by atomic mass is 16.5. The third-order valence-corrected chi connectivity index (χ3v) is 3.91. The number of carbonyl (C=O) groups is 1. The van der Waals surface area contributed by atoms with E-state index in [0.29, 0.717) is 29.4 Å². The second-order valence-corrected chi connectivity index (χ2v) is 6.29. The number of nitrogens with one attached hydrogen (secondary N) is 1. The quantitative estimate of drug-likeness (QED) is 0.617. The maximum Gasteiger partial charge on any atom is 0.259 e. The van der Waals surface area contributed by atoms with Crippen molar-refractivity contribution in [2.45, 2.75) is 20.3 Å². The van der Waals surface area contributed by atoms with Gasteiger partial charge in [0, 0.05) is 23.5 Å². The van der Waals surface area contributed by atoms with Crippen LogP contribution in [-0.2, 0) is 0 Å². The lowest BCUT2D eigenvalue weighted by atomic mass is 10.2. The van der Waals surface area contributed by atoms with Gasteiger partial charge in [-0.2, -0.15) is 0 Å². The van der Waals surface area contributed by atoms with E-state index in [1.165, 1.54) is 0 Å². The van der Waals surface area contributed by atoms with Crippen LogP contribution in [0.4, 0.5) is 11.5 Å². The van der Waals surface area contributed by atoms with Gasteiger partial charge in [-0.1, -0.05) is 19.1 Å². The summed E-state index contributed by atoms with van der Waals surface area (Å²) in [4.78, 5) is 16.6. The second-order valence-electron chi connectivity index (χ2n) is 6.29. The highest BCUT2D eigenvalue weighted by Crippen LogP contribution is 2.27. The van der Waals surface area contributed by atoms with Crippen LogP contribution in [0.3, 0.4) is 0 Å². The van der Waals surface area contributed by atoms with E-state index >= 15 is 0 Å². The average Bonchev–Trinajstić information content (AvgIpc) is 2.67. The lowest BCUT2D eigenvalue weighted by molar-refractivity contribution is 0.102. The topological polar surface area (TPSA) is 86.5 Å². The molecule has 1 aromatic heterocycles. The predicted octanol–water partition coefficient (Wildman–Crippen LogP) is 4.81. The van der Waals surface area contributed by atoms with Crippen molar-refractivity contribution in [3.8, 4) is 17.2 Å². The molecule has 0 aliphatic heterocycles. The number of nitrogen functional groups attached to an aromatic ring is 1. The van der Waals surface area contributed by atoms with Crippen LogP contribution in [-0.4, -0.2) is 17.5 Å². The Morgan fingerprint density at radius 1 is 1.04 bits per heavy atom. The summed E-state index contributed by atoms with van der Waals surface area (Å²) in [5.74, 6) is 1.89. The Morgan fingerprint density at radius 2 is 1.75 bits per heavy atom. The number of pyridine rings is 1. The molecule has 1 heterocycles. The molecule has 1 amide bonds. The maximum absolute atomic E-state index is 12.5. The van der Waals surface area contributed by atoms with Crippen molar-refractivity contribution < 1.29 is 14.3 Å². The SMILES string of the molecule is CCCOc1cccc(Oc2cccc(NC(=O)c3ccc(C)nc3N)c2)c1. The Morgan fingerprint density at radius 3 is 2.50 bits per heavy atom. The fourth-order valence-electron chi connectivity index (χ4n) is 2.59. The standard InChI is InChI=1S/C22H23N3O3/c1-3-12-27-17-7-5-9-19(14-17)28-18-8-4-6-16(13-18)25-22(26)20-11-10-15(2)24-21(20)23/h4-11,13-14H,3,12H2,1-2H3,(H2,23,24)(H,25,26). The first-order valence-corrected chi connectivity index (χ1v) is 9.10. The Balaban J connectivity index is 1.71. The molecule has 0 fully saturated rings. The van der Waals surface area contributed by atoms with Gasteiger partial charge in [-0.05, 0) is 49.7 Å². The first-order valence-electron chi connectivity index (χ1n) is 9.10. The summed E-state index contributed by atoms with van der Waals surface area (Å²) in [7, 11) is 0. The van der Waals surface area contributed by atoms with E-state index < -0.39 is 0 Å². The predicted molar refractivity (Wildman–Crippen MR) is 110 cm³/mol. The van der Waals surface area contributed by atoms with Crippen LogP contribution in [0.15, 0.2) is 60.7 Å². The number of carbonyl (C=O) groups excluding carboxylic acids is 1. The van der Waals surface area contributed by atoms with E-state index in [2.05, 4.69) is 17.2 Å². The highest BCUT2D eigenvalue weighted by Gasteiger charge is 2.11. The van der Waals surface area contributed by atoms with Crippen LogP contribution in [0.25, 0.3) is 0 Å². The smallest absolute Gasteiger partial charge is 0.259 e. The van der Waals surface area contributed by atoms with Gasteiger partial charge >= 0.3 is 0 Å². The van der Waals surface area contributed by atoms with Crippen LogP contribution in [0, 0.1) is 6.92 Å². The van der Waals surface area contributed by atoms with Crippen molar-refractivity contribution in [2.75, 3.05) is 17.7 Å². The van der Waals surface area contributed by atoms with Crippen LogP contribution in [0.2, 0.25) is 0 Å². The molecular formula is C22H23N3O3. The first kappa shape index (κ1) is 19.2. The number of aryl methyl sites for hydroxylation is 1. The molecular weight excluding hydrogens is 354 g/mol. The van der Waals surface area contributed by atoms with Crippen molar-refractivity contribution in [3.05, 3.63) is 71.9 Å². The number of benzene rings is 2. The van der Waals surface area contributed by atoms with Gasteiger partial charge < -0.3 is 20.5 Å². The van der Waals surface area contributed by atoms with E-state index in [4.69, 9.17) is 15.2 Å². The summed E-state index contributed by atoms with van der Waals surface area (Å²) in [5, 5.41) is 2.82. The summed E-state index contributed by atoms with van der Waals surface area (Å²) in [5.41, 5.74) is 7.54. The molecule has 3 N–H and O–H groups in total. The molecule has 0 radical (unpaired) electrons. The highest BCUT2D eigenvalue weighted by molar-refractivity contribution is 6.07. The number of aromatic nitrogens is 1. The van der Waals surface area contributed by atoms with Gasteiger partial charge in [0.25, 0.3) is 5.91 Å². The Labute approximate surface area is 164 Å². The van der Waals surface area contributed by atoms with E-state index in [9.17, 15) is 4.79 Å². The van der Waals surface area contributed by atoms with Crippen molar-refractivity contribution in [2.24, 2.45) is 0 Å². The van der Waals surface area contributed by atoms with Crippen molar-refractivity contribution in [1.82, 2.24) is 4.98 Å². The van der Waals surface area contributed by atoms with E-state index in [0.717, 1.165) is 17.9 Å². The Hall–Kier alpha value is -3.54. The van der Waals surface area contributed by atoms with Gasteiger partial charge in [-0.3, -0.25) is 4.79 Å². The number of amides is 1. The van der Waals surface area contributed by atoms with Gasteiger partial charge in [0.05, 0.1) is 12.2 Å². The van der Waals surface area contributed by atoms with Crippen molar-refractivity contribution >= 4 is 17.4 Å². The largest absolute Gasteiger partial charge is 0.493 e. The van der Waals surface area contributed by atoms with Crippen LogP contribution >= 0.6 is 0 Å². The molecule has 28 heavy (non-hydrogen) atoms. The molecule has 6 nitrogen and oxygen atoms in total. The average molecular weight is 377 g/mol. The second kappa shape index (κ2) is 8.90. The van der Waals surface area contributed by atoms with E-state index in [1.54, 1.807) is 30.3 Å². The van der Waals surface area contributed by atoms with Gasteiger partial charge in [-0.25, -0.2) is 4.98 Å². The zero-order chi connectivity index (χ0) is 19.9. The summed E-state index contributed by atoms with van der Waals surface area (Å²) in [6, 6.07) is 18.0. The normalized spacial score (nSPS) is 10.4. The third-order valence-electron chi connectivity index (χ3n) is 3.91. The fourth-order valence-corrected chi connectivity index (χ4v) is 2.59. The zero-order valence-electron chi connectivity index (χ0n) is 15.9. The number of nitrogens with two attached hydrogens (primary N) is 1. The molecule has 2 aromatic carbocycles.